The van der Waals surface area contributed by atoms with Crippen LogP contribution in [-0.4, -0.2) is 49.9 Å². The average molecular weight is 312 g/mol. The van der Waals surface area contributed by atoms with Crippen LogP contribution < -0.4 is 5.73 Å². The Morgan fingerprint density at radius 3 is 2.23 bits per heavy atom. The van der Waals surface area contributed by atoms with Crippen LogP contribution in [0.25, 0.3) is 0 Å². The summed E-state index contributed by atoms with van der Waals surface area (Å²) in [6, 6.07) is 0.508. The monoisotopic (exact) mass is 312 g/mol. The largest absolute Gasteiger partial charge is 0.382 e. The van der Waals surface area contributed by atoms with Crippen molar-refractivity contribution in [1.82, 2.24) is 4.90 Å². The molecule has 2 aliphatic rings. The summed E-state index contributed by atoms with van der Waals surface area (Å²) in [5.41, 5.74) is 5.69. The molecule has 0 aromatic rings. The fraction of sp³-hybridized carbons (Fsp3) is 0.941. The van der Waals surface area contributed by atoms with Gasteiger partial charge in [-0.05, 0) is 44.4 Å². The van der Waals surface area contributed by atoms with E-state index in [-0.39, 0.29) is 6.03 Å². The molecular weight excluding hydrogens is 280 g/mol. The molecule has 0 aromatic heterocycles. The van der Waals surface area contributed by atoms with E-state index in [1.165, 1.54) is 19.3 Å². The van der Waals surface area contributed by atoms with Gasteiger partial charge in [0.25, 0.3) is 0 Å². The van der Waals surface area contributed by atoms with Crippen LogP contribution in [-0.2, 0) is 9.47 Å². The number of hydrogen-bond donors (Lipinski definition) is 1. The molecule has 2 fully saturated rings. The molecule has 22 heavy (non-hydrogen) atoms. The van der Waals surface area contributed by atoms with Gasteiger partial charge in [0, 0.05) is 25.8 Å². The van der Waals surface area contributed by atoms with E-state index in [0.29, 0.717) is 31.2 Å². The van der Waals surface area contributed by atoms with E-state index < -0.39 is 0 Å². The zero-order chi connectivity index (χ0) is 15.8. The minimum Gasteiger partial charge on any atom is -0.382 e. The fourth-order valence-corrected chi connectivity index (χ4v) is 4.00. The minimum atomic E-state index is -0.216. The van der Waals surface area contributed by atoms with Gasteiger partial charge in [0.05, 0.1) is 13.2 Å². The summed E-state index contributed by atoms with van der Waals surface area (Å²) < 4.78 is 10.6. The van der Waals surface area contributed by atoms with E-state index in [0.717, 1.165) is 45.1 Å². The zero-order valence-corrected chi connectivity index (χ0v) is 14.0. The highest BCUT2D eigenvalue weighted by Gasteiger charge is 2.33. The average Bonchev–Trinajstić information content (AvgIpc) is 2.54. The molecule has 0 spiro atoms. The topological polar surface area (TPSA) is 64.8 Å². The second kappa shape index (κ2) is 9.36. The van der Waals surface area contributed by atoms with Crippen LogP contribution >= 0.6 is 0 Å². The van der Waals surface area contributed by atoms with Crippen molar-refractivity contribution in [2.24, 2.45) is 11.7 Å². The molecule has 0 heterocycles. The summed E-state index contributed by atoms with van der Waals surface area (Å²) in [6.07, 6.45) is 10.4. The van der Waals surface area contributed by atoms with Crippen molar-refractivity contribution < 1.29 is 14.3 Å². The molecule has 0 bridgehead atoms. The van der Waals surface area contributed by atoms with E-state index in [1.807, 2.05) is 4.90 Å². The van der Waals surface area contributed by atoms with E-state index in [2.05, 4.69) is 0 Å². The van der Waals surface area contributed by atoms with Crippen LogP contribution in [0, 0.1) is 5.92 Å². The number of hydrogen-bond acceptors (Lipinski definition) is 3. The number of primary amides is 1. The molecule has 0 unspecified atom stereocenters. The first-order valence-corrected chi connectivity index (χ1v) is 8.86. The van der Waals surface area contributed by atoms with Crippen molar-refractivity contribution >= 4 is 6.03 Å². The fourth-order valence-electron chi connectivity index (χ4n) is 4.00. The van der Waals surface area contributed by atoms with Gasteiger partial charge in [0.2, 0.25) is 0 Å². The number of carbonyl (C=O) groups is 1. The lowest BCUT2D eigenvalue weighted by Gasteiger charge is -2.42. The Labute approximate surface area is 134 Å². The third-order valence-electron chi connectivity index (χ3n) is 5.22. The molecule has 128 valence electrons. The highest BCUT2D eigenvalue weighted by Crippen LogP contribution is 2.32. The van der Waals surface area contributed by atoms with Gasteiger partial charge in [-0.15, -0.1) is 0 Å². The van der Waals surface area contributed by atoms with Gasteiger partial charge in [-0.25, -0.2) is 4.79 Å². The summed E-state index contributed by atoms with van der Waals surface area (Å²) in [5, 5.41) is 0. The van der Waals surface area contributed by atoms with E-state index in [1.54, 1.807) is 7.11 Å². The molecule has 2 amide bonds. The Morgan fingerprint density at radius 2 is 1.64 bits per heavy atom. The SMILES string of the molecule is COCCOCC1CCC(N(C(N)=O)C2CCCCC2)CC1. The Morgan fingerprint density at radius 1 is 1.00 bits per heavy atom. The molecule has 5 nitrogen and oxygen atoms in total. The predicted molar refractivity (Wildman–Crippen MR) is 86.7 cm³/mol. The first kappa shape index (κ1) is 17.5. The van der Waals surface area contributed by atoms with Gasteiger partial charge in [0.15, 0.2) is 0 Å². The summed E-state index contributed by atoms with van der Waals surface area (Å²) in [4.78, 5) is 13.9. The van der Waals surface area contributed by atoms with Crippen LogP contribution in [0.5, 0.6) is 0 Å². The highest BCUT2D eigenvalue weighted by atomic mass is 16.5. The van der Waals surface area contributed by atoms with Gasteiger partial charge in [0.1, 0.15) is 0 Å². The molecule has 0 atom stereocenters. The van der Waals surface area contributed by atoms with E-state index >= 15 is 0 Å². The third kappa shape index (κ3) is 5.13. The van der Waals surface area contributed by atoms with Gasteiger partial charge in [-0.2, -0.15) is 0 Å². The molecule has 0 aromatic carbocycles. The Balaban J connectivity index is 1.76. The maximum absolute atomic E-state index is 11.9. The standard InChI is InChI=1S/C17H32N2O3/c1-21-11-12-22-13-14-7-9-16(10-8-14)19(17(18)20)15-5-3-2-4-6-15/h14-16H,2-13H2,1H3,(H2,18,20). The number of nitrogens with zero attached hydrogens (tertiary/aromatic N) is 1. The molecule has 2 N–H and O–H groups in total. The van der Waals surface area contributed by atoms with Crippen LogP contribution in [0.1, 0.15) is 57.8 Å². The maximum Gasteiger partial charge on any atom is 0.315 e. The van der Waals surface area contributed by atoms with Gasteiger partial charge in [-0.1, -0.05) is 19.3 Å². The van der Waals surface area contributed by atoms with Crippen molar-refractivity contribution in [2.45, 2.75) is 69.9 Å². The minimum absolute atomic E-state index is 0.216. The molecule has 5 heteroatoms. The van der Waals surface area contributed by atoms with Gasteiger partial charge >= 0.3 is 6.03 Å². The molecular formula is C17H32N2O3. The number of urea groups is 1. The number of carbonyl (C=O) groups excluding carboxylic acids is 1. The van der Waals surface area contributed by atoms with Crippen LogP contribution in [0.2, 0.25) is 0 Å². The molecule has 0 radical (unpaired) electrons. The number of nitrogens with two attached hydrogens (primary N) is 1. The third-order valence-corrected chi connectivity index (χ3v) is 5.22. The summed E-state index contributed by atoms with van der Waals surface area (Å²) in [7, 11) is 1.69. The molecule has 0 aliphatic heterocycles. The first-order valence-electron chi connectivity index (χ1n) is 8.86. The Hall–Kier alpha value is -0.810. The van der Waals surface area contributed by atoms with E-state index in [4.69, 9.17) is 15.2 Å². The van der Waals surface area contributed by atoms with E-state index in [9.17, 15) is 4.79 Å². The quantitative estimate of drug-likeness (QED) is 0.735. The number of amides is 2. The number of methoxy groups -OCH3 is 1. The first-order chi connectivity index (χ1) is 10.7. The van der Waals surface area contributed by atoms with Crippen LogP contribution in [0.4, 0.5) is 4.79 Å². The lowest BCUT2D eigenvalue weighted by Crippen LogP contribution is -2.51. The molecule has 2 rings (SSSR count). The lowest BCUT2D eigenvalue weighted by atomic mass is 9.84. The van der Waals surface area contributed by atoms with Crippen molar-refractivity contribution in [1.29, 1.82) is 0 Å². The van der Waals surface area contributed by atoms with Crippen LogP contribution in [0.15, 0.2) is 0 Å². The van der Waals surface area contributed by atoms with Crippen LogP contribution in [0.3, 0.4) is 0 Å². The second-order valence-electron chi connectivity index (χ2n) is 6.78. The van der Waals surface area contributed by atoms with Crippen molar-refractivity contribution in [3.8, 4) is 0 Å². The smallest absolute Gasteiger partial charge is 0.315 e. The summed E-state index contributed by atoms with van der Waals surface area (Å²) in [5.74, 6) is 0.620. The zero-order valence-electron chi connectivity index (χ0n) is 14.0. The van der Waals surface area contributed by atoms with Gasteiger partial charge < -0.3 is 20.1 Å². The highest BCUT2D eigenvalue weighted by molar-refractivity contribution is 5.72. The maximum atomic E-state index is 11.9. The second-order valence-corrected chi connectivity index (χ2v) is 6.78. The van der Waals surface area contributed by atoms with Gasteiger partial charge in [-0.3, -0.25) is 0 Å². The van der Waals surface area contributed by atoms with Crippen molar-refractivity contribution in [2.75, 3.05) is 26.9 Å². The summed E-state index contributed by atoms with van der Waals surface area (Å²) in [6.45, 7) is 2.15. The lowest BCUT2D eigenvalue weighted by molar-refractivity contribution is 0.0326. The van der Waals surface area contributed by atoms with Crippen molar-refractivity contribution in [3.05, 3.63) is 0 Å². The number of ether oxygens (including phenoxy) is 2. The Kier molecular flexibility index (Phi) is 7.46. The number of rotatable bonds is 7. The Bertz CT molecular complexity index is 324. The normalized spacial score (nSPS) is 26.8. The molecule has 2 saturated carbocycles. The molecule has 2 aliphatic carbocycles. The summed E-state index contributed by atoms with van der Waals surface area (Å²) >= 11 is 0. The van der Waals surface area contributed by atoms with Crippen molar-refractivity contribution in [3.63, 3.8) is 0 Å². The predicted octanol–water partition coefficient (Wildman–Crippen LogP) is 2.92. The molecule has 0 saturated heterocycles.